The summed E-state index contributed by atoms with van der Waals surface area (Å²) in [6, 6.07) is 0. The Morgan fingerprint density at radius 2 is 1.31 bits per heavy atom. The van der Waals surface area contributed by atoms with Gasteiger partial charge in [-0.15, -0.1) is 0 Å². The van der Waals surface area contributed by atoms with Crippen molar-refractivity contribution in [1.82, 2.24) is 0 Å². The molecule has 0 aromatic heterocycles. The second kappa shape index (κ2) is 22.3. The van der Waals surface area contributed by atoms with Crippen LogP contribution in [0.25, 0.3) is 0 Å². The maximum atomic E-state index is 12.9. The SMILES string of the molecule is C=C=COOCCCCOC1CCC(OCOC2CCC(OC(=O)C3CCC(OCCCCOC(=O)C=C)CC3)CC2C)CC1. The number of esters is 2. The van der Waals surface area contributed by atoms with Gasteiger partial charge in [0.2, 0.25) is 0 Å². The van der Waals surface area contributed by atoms with Crippen molar-refractivity contribution < 1.29 is 47.8 Å². The highest BCUT2D eigenvalue weighted by atomic mass is 17.2. The first-order valence-electron chi connectivity index (χ1n) is 17.1. The van der Waals surface area contributed by atoms with Gasteiger partial charge in [0, 0.05) is 19.3 Å². The van der Waals surface area contributed by atoms with E-state index in [-0.39, 0.29) is 36.3 Å². The predicted molar refractivity (Wildman–Crippen MR) is 168 cm³/mol. The van der Waals surface area contributed by atoms with E-state index in [4.69, 9.17) is 38.2 Å². The Labute approximate surface area is 269 Å². The van der Waals surface area contributed by atoms with E-state index in [1.165, 1.54) is 12.3 Å². The van der Waals surface area contributed by atoms with Gasteiger partial charge in [0.1, 0.15) is 12.9 Å². The summed E-state index contributed by atoms with van der Waals surface area (Å²) >= 11 is 0. The van der Waals surface area contributed by atoms with Crippen LogP contribution in [0.2, 0.25) is 0 Å². The van der Waals surface area contributed by atoms with E-state index >= 15 is 0 Å². The van der Waals surface area contributed by atoms with Crippen LogP contribution in [-0.4, -0.2) is 75.7 Å². The smallest absolute Gasteiger partial charge is 0.330 e. The summed E-state index contributed by atoms with van der Waals surface area (Å²) in [6.45, 7) is 11.5. The Balaban J connectivity index is 1.17. The average molecular weight is 637 g/mol. The van der Waals surface area contributed by atoms with Crippen LogP contribution in [-0.2, 0) is 47.8 Å². The Morgan fingerprint density at radius 3 is 1.93 bits per heavy atom. The second-order valence-electron chi connectivity index (χ2n) is 12.5. The highest BCUT2D eigenvalue weighted by Crippen LogP contribution is 2.32. The zero-order valence-corrected chi connectivity index (χ0v) is 27.3. The highest BCUT2D eigenvalue weighted by molar-refractivity contribution is 5.81. The van der Waals surface area contributed by atoms with Crippen molar-refractivity contribution in [3.63, 3.8) is 0 Å². The van der Waals surface area contributed by atoms with Gasteiger partial charge in [-0.3, -0.25) is 4.79 Å². The van der Waals surface area contributed by atoms with Crippen LogP contribution < -0.4 is 0 Å². The molecule has 3 aliphatic carbocycles. The van der Waals surface area contributed by atoms with E-state index < -0.39 is 5.97 Å². The molecule has 3 atom stereocenters. The van der Waals surface area contributed by atoms with E-state index in [0.717, 1.165) is 103 Å². The number of hydrogen-bond donors (Lipinski definition) is 0. The quantitative estimate of drug-likeness (QED) is 0.0202. The van der Waals surface area contributed by atoms with Crippen molar-refractivity contribution in [3.8, 4) is 0 Å². The average Bonchev–Trinajstić information content (AvgIpc) is 3.05. The van der Waals surface area contributed by atoms with E-state index in [0.29, 0.717) is 38.6 Å². The number of rotatable bonds is 21. The Hall–Kier alpha value is -2.20. The molecule has 0 N–H and O–H groups in total. The largest absolute Gasteiger partial charge is 0.463 e. The van der Waals surface area contributed by atoms with Crippen LogP contribution in [0.5, 0.6) is 0 Å². The molecule has 3 saturated carbocycles. The summed E-state index contributed by atoms with van der Waals surface area (Å²) in [7, 11) is 0. The third-order valence-electron chi connectivity index (χ3n) is 9.02. The minimum absolute atomic E-state index is 0.0389. The molecule has 3 rings (SSSR count). The first-order valence-corrected chi connectivity index (χ1v) is 17.1. The van der Waals surface area contributed by atoms with Gasteiger partial charge in [-0.1, -0.05) is 25.8 Å². The number of unbranched alkanes of at least 4 members (excludes halogenated alkanes) is 2. The number of carbonyl (C=O) groups is 2. The van der Waals surface area contributed by atoms with Gasteiger partial charge in [0.25, 0.3) is 0 Å². The van der Waals surface area contributed by atoms with Gasteiger partial charge in [-0.25, -0.2) is 4.79 Å². The monoisotopic (exact) mass is 636 g/mol. The minimum atomic E-state index is -0.391. The Morgan fingerprint density at radius 1 is 0.733 bits per heavy atom. The minimum Gasteiger partial charge on any atom is -0.463 e. The van der Waals surface area contributed by atoms with Gasteiger partial charge in [0.05, 0.1) is 43.5 Å². The molecule has 0 aromatic rings. The topological polar surface area (TPSA) is 108 Å². The predicted octanol–water partition coefficient (Wildman–Crippen LogP) is 6.52. The van der Waals surface area contributed by atoms with Gasteiger partial charge in [-0.2, -0.15) is 4.89 Å². The molecule has 3 unspecified atom stereocenters. The van der Waals surface area contributed by atoms with E-state index in [1.807, 2.05) is 0 Å². The first kappa shape index (κ1) is 37.3. The fraction of sp³-hybridized carbons (Fsp3) is 0.800. The molecule has 0 amide bonds. The summed E-state index contributed by atoms with van der Waals surface area (Å²) in [5, 5.41) is 0. The highest BCUT2D eigenvalue weighted by Gasteiger charge is 2.34. The molecule has 3 aliphatic rings. The molecule has 0 bridgehead atoms. The molecule has 0 aromatic carbocycles. The van der Waals surface area contributed by atoms with Crippen LogP contribution in [0.15, 0.2) is 31.2 Å². The molecule has 0 spiro atoms. The van der Waals surface area contributed by atoms with E-state index in [2.05, 4.69) is 25.8 Å². The third kappa shape index (κ3) is 15.3. The lowest BCUT2D eigenvalue weighted by molar-refractivity contribution is -0.249. The maximum Gasteiger partial charge on any atom is 0.330 e. The van der Waals surface area contributed by atoms with Gasteiger partial charge in [0.15, 0.2) is 6.26 Å². The summed E-state index contributed by atoms with van der Waals surface area (Å²) in [5.74, 6) is -0.180. The van der Waals surface area contributed by atoms with Crippen LogP contribution in [0.1, 0.15) is 103 Å². The summed E-state index contributed by atoms with van der Waals surface area (Å²) in [4.78, 5) is 33.6. The van der Waals surface area contributed by atoms with Crippen molar-refractivity contribution in [2.75, 3.05) is 33.2 Å². The van der Waals surface area contributed by atoms with Gasteiger partial charge < -0.3 is 33.3 Å². The summed E-state index contributed by atoms with van der Waals surface area (Å²) in [5.41, 5.74) is 2.48. The molecule has 45 heavy (non-hydrogen) atoms. The second-order valence-corrected chi connectivity index (χ2v) is 12.5. The van der Waals surface area contributed by atoms with E-state index in [9.17, 15) is 9.59 Å². The molecule has 0 radical (unpaired) electrons. The molecule has 3 fully saturated rings. The number of carbonyl (C=O) groups excluding carboxylic acids is 2. The Bertz CT molecular complexity index is 887. The van der Waals surface area contributed by atoms with Crippen LogP contribution in [0, 0.1) is 11.8 Å². The lowest BCUT2D eigenvalue weighted by Gasteiger charge is -2.35. The zero-order valence-electron chi connectivity index (χ0n) is 27.3. The fourth-order valence-corrected chi connectivity index (χ4v) is 6.30. The molecule has 0 saturated heterocycles. The summed E-state index contributed by atoms with van der Waals surface area (Å²) < 4.78 is 35.1. The first-order chi connectivity index (χ1) is 22.0. The van der Waals surface area contributed by atoms with Crippen molar-refractivity contribution in [1.29, 1.82) is 0 Å². The standard InChI is InChI=1S/C35H56O10/c1-4-20-43-44-24-9-8-22-39-30-14-16-31(17-15-30)41-26-42-33-19-18-32(25-27(33)3)45-35(37)28-10-12-29(13-11-28)38-21-6-7-23-40-34(36)5-2/h5,20,27-33H,1-2,6-19,21-26H2,3H3. The van der Waals surface area contributed by atoms with Crippen molar-refractivity contribution in [2.45, 2.75) is 134 Å². The number of hydrogen-bond acceptors (Lipinski definition) is 10. The molecule has 0 heterocycles. The molecule has 10 heteroatoms. The van der Waals surface area contributed by atoms with Crippen molar-refractivity contribution in [2.24, 2.45) is 11.8 Å². The number of ether oxygens (including phenoxy) is 6. The molecular weight excluding hydrogens is 580 g/mol. The lowest BCUT2D eigenvalue weighted by atomic mass is 9.85. The zero-order chi connectivity index (χ0) is 32.1. The molecular formula is C35H56O10. The van der Waals surface area contributed by atoms with Gasteiger partial charge in [-0.05, 0) is 102 Å². The molecule has 256 valence electrons. The van der Waals surface area contributed by atoms with Crippen LogP contribution in [0.4, 0.5) is 0 Å². The van der Waals surface area contributed by atoms with E-state index in [1.54, 1.807) is 0 Å². The lowest BCUT2D eigenvalue weighted by Crippen LogP contribution is -2.37. The fourth-order valence-electron chi connectivity index (χ4n) is 6.30. The van der Waals surface area contributed by atoms with Crippen LogP contribution >= 0.6 is 0 Å². The molecule has 0 aliphatic heterocycles. The van der Waals surface area contributed by atoms with Crippen LogP contribution in [0.3, 0.4) is 0 Å². The third-order valence-corrected chi connectivity index (χ3v) is 9.02. The normalized spacial score (nSPS) is 28.4. The maximum absolute atomic E-state index is 12.9. The van der Waals surface area contributed by atoms with Crippen molar-refractivity contribution in [3.05, 3.63) is 31.2 Å². The van der Waals surface area contributed by atoms with Gasteiger partial charge >= 0.3 is 11.9 Å². The summed E-state index contributed by atoms with van der Waals surface area (Å²) in [6.07, 6.45) is 16.5. The van der Waals surface area contributed by atoms with Crippen molar-refractivity contribution >= 4 is 11.9 Å². The molecule has 10 nitrogen and oxygen atoms in total. The Kier molecular flexibility index (Phi) is 18.5.